The van der Waals surface area contributed by atoms with E-state index in [9.17, 15) is 0 Å². The van der Waals surface area contributed by atoms with Gasteiger partial charge in [0.25, 0.3) is 0 Å². The van der Waals surface area contributed by atoms with E-state index in [1.807, 2.05) is 44.1 Å². The van der Waals surface area contributed by atoms with E-state index in [0.29, 0.717) is 6.54 Å². The predicted molar refractivity (Wildman–Crippen MR) is 80.6 cm³/mol. The predicted octanol–water partition coefficient (Wildman–Crippen LogP) is 0.728. The molecule has 1 aromatic rings. The lowest BCUT2D eigenvalue weighted by molar-refractivity contribution is 0.174. The number of nitrogens with zero attached hydrogens (tertiary/aromatic N) is 3. The maximum absolute atomic E-state index is 5.37. The molecule has 2 aliphatic rings. The molecule has 0 saturated heterocycles. The Balaban J connectivity index is 1.70. The zero-order chi connectivity index (χ0) is 14.8. The van der Waals surface area contributed by atoms with E-state index in [-0.39, 0.29) is 13.0 Å². The number of ether oxygens (including phenoxy) is 2. The largest absolute Gasteiger partial charge is 0.454 e. The van der Waals surface area contributed by atoms with E-state index in [1.165, 1.54) is 0 Å². The molecule has 1 unspecified atom stereocenters. The van der Waals surface area contributed by atoms with Gasteiger partial charge in [-0.05, 0) is 24.6 Å². The Hall–Kier alpha value is -2.44. The molecule has 7 heteroatoms. The van der Waals surface area contributed by atoms with Crippen LogP contribution in [0.3, 0.4) is 0 Å². The second-order valence-electron chi connectivity index (χ2n) is 5.14. The first-order valence-electron chi connectivity index (χ1n) is 6.83. The molecule has 0 spiro atoms. The van der Waals surface area contributed by atoms with Crippen LogP contribution in [-0.2, 0) is 6.54 Å². The molecular weight excluding hydrogens is 270 g/mol. The minimum Gasteiger partial charge on any atom is -0.454 e. The van der Waals surface area contributed by atoms with Gasteiger partial charge in [-0.15, -0.1) is 0 Å². The summed E-state index contributed by atoms with van der Waals surface area (Å²) < 4.78 is 10.7. The molecule has 112 valence electrons. The number of hydrogen-bond acceptors (Lipinski definition) is 5. The van der Waals surface area contributed by atoms with Crippen molar-refractivity contribution in [1.29, 1.82) is 0 Å². The molecule has 0 bridgehead atoms. The minimum atomic E-state index is -0.000783. The fourth-order valence-electron chi connectivity index (χ4n) is 2.11. The molecule has 0 saturated carbocycles. The molecule has 2 N–H and O–H groups in total. The zero-order valence-corrected chi connectivity index (χ0v) is 12.4. The second kappa shape index (κ2) is 5.51. The van der Waals surface area contributed by atoms with E-state index >= 15 is 0 Å². The van der Waals surface area contributed by atoms with Crippen LogP contribution in [0.2, 0.25) is 0 Å². The van der Waals surface area contributed by atoms with Crippen LogP contribution < -0.4 is 20.1 Å². The Labute approximate surface area is 123 Å². The van der Waals surface area contributed by atoms with E-state index < -0.39 is 0 Å². The summed E-state index contributed by atoms with van der Waals surface area (Å²) >= 11 is 0. The van der Waals surface area contributed by atoms with Gasteiger partial charge in [0.1, 0.15) is 6.17 Å². The molecule has 21 heavy (non-hydrogen) atoms. The molecular formula is C14H19N5O2. The van der Waals surface area contributed by atoms with Crippen molar-refractivity contribution in [3.8, 4) is 11.5 Å². The number of nitrogens with one attached hydrogen (secondary N) is 2. The highest BCUT2D eigenvalue weighted by molar-refractivity contribution is 6.00. The van der Waals surface area contributed by atoms with Crippen LogP contribution in [-0.4, -0.2) is 43.9 Å². The maximum atomic E-state index is 5.37. The Morgan fingerprint density at radius 3 is 2.95 bits per heavy atom. The minimum absolute atomic E-state index is 0.000783. The molecule has 0 fully saturated rings. The SMILES string of the molecule is CC1N=C(N(C)C)NC(=NCc2ccc3c(c2)OCO3)N1. The number of aliphatic imine (C=N–C) groups is 2. The van der Waals surface area contributed by atoms with Gasteiger partial charge in [0.05, 0.1) is 6.54 Å². The van der Waals surface area contributed by atoms with Gasteiger partial charge in [-0.1, -0.05) is 6.07 Å². The Kier molecular flexibility index (Phi) is 3.55. The van der Waals surface area contributed by atoms with Crippen LogP contribution in [0.4, 0.5) is 0 Å². The van der Waals surface area contributed by atoms with Crippen molar-refractivity contribution in [3.05, 3.63) is 23.8 Å². The first-order valence-corrected chi connectivity index (χ1v) is 6.83. The van der Waals surface area contributed by atoms with Gasteiger partial charge in [0.2, 0.25) is 12.8 Å². The summed E-state index contributed by atoms with van der Waals surface area (Å²) in [4.78, 5) is 10.9. The summed E-state index contributed by atoms with van der Waals surface area (Å²) in [6.07, 6.45) is -0.000783. The van der Waals surface area contributed by atoms with Gasteiger partial charge in [0, 0.05) is 14.1 Å². The lowest BCUT2D eigenvalue weighted by Crippen LogP contribution is -2.53. The fraction of sp³-hybridized carbons (Fsp3) is 0.429. The average Bonchev–Trinajstić information content (AvgIpc) is 2.92. The highest BCUT2D eigenvalue weighted by Gasteiger charge is 2.16. The van der Waals surface area contributed by atoms with Crippen molar-refractivity contribution < 1.29 is 9.47 Å². The van der Waals surface area contributed by atoms with E-state index in [4.69, 9.17) is 9.47 Å². The normalized spacial score (nSPS) is 21.6. The summed E-state index contributed by atoms with van der Waals surface area (Å²) in [6.45, 7) is 2.83. The molecule has 3 rings (SSSR count). The van der Waals surface area contributed by atoms with Gasteiger partial charge in [-0.3, -0.25) is 5.32 Å². The molecule has 0 radical (unpaired) electrons. The second-order valence-corrected chi connectivity index (χ2v) is 5.14. The number of rotatable bonds is 2. The van der Waals surface area contributed by atoms with Crippen molar-refractivity contribution in [2.75, 3.05) is 20.9 Å². The summed E-state index contributed by atoms with van der Waals surface area (Å²) in [6, 6.07) is 5.86. The molecule has 1 atom stereocenters. The zero-order valence-electron chi connectivity index (χ0n) is 12.4. The van der Waals surface area contributed by atoms with Crippen LogP contribution in [0, 0.1) is 0 Å². The number of fused-ring (bicyclic) bond motifs is 1. The van der Waals surface area contributed by atoms with Crippen LogP contribution >= 0.6 is 0 Å². The highest BCUT2D eigenvalue weighted by Crippen LogP contribution is 2.32. The molecule has 0 amide bonds. The van der Waals surface area contributed by atoms with E-state index in [2.05, 4.69) is 20.6 Å². The third-order valence-corrected chi connectivity index (χ3v) is 3.17. The maximum Gasteiger partial charge on any atom is 0.231 e. The summed E-state index contributed by atoms with van der Waals surface area (Å²) in [5.74, 6) is 3.08. The first-order chi connectivity index (χ1) is 10.1. The van der Waals surface area contributed by atoms with Gasteiger partial charge in [-0.25, -0.2) is 9.98 Å². The first kappa shape index (κ1) is 13.5. The molecule has 1 aromatic carbocycles. The molecule has 2 heterocycles. The van der Waals surface area contributed by atoms with Crippen molar-refractivity contribution in [1.82, 2.24) is 15.5 Å². The Morgan fingerprint density at radius 2 is 2.14 bits per heavy atom. The quantitative estimate of drug-likeness (QED) is 0.840. The van der Waals surface area contributed by atoms with E-state index in [0.717, 1.165) is 29.0 Å². The van der Waals surface area contributed by atoms with Gasteiger partial charge >= 0.3 is 0 Å². The lowest BCUT2D eigenvalue weighted by atomic mass is 10.2. The van der Waals surface area contributed by atoms with Gasteiger partial charge in [-0.2, -0.15) is 0 Å². The Bertz CT molecular complexity index is 597. The van der Waals surface area contributed by atoms with Crippen LogP contribution in [0.5, 0.6) is 11.5 Å². The average molecular weight is 289 g/mol. The molecule has 7 nitrogen and oxygen atoms in total. The third kappa shape index (κ3) is 3.01. The van der Waals surface area contributed by atoms with Crippen molar-refractivity contribution in [2.45, 2.75) is 19.6 Å². The van der Waals surface area contributed by atoms with Crippen LogP contribution in [0.25, 0.3) is 0 Å². The molecule has 2 aliphatic heterocycles. The van der Waals surface area contributed by atoms with Crippen molar-refractivity contribution in [2.24, 2.45) is 9.98 Å². The molecule has 0 aromatic heterocycles. The fourth-order valence-corrected chi connectivity index (χ4v) is 2.11. The summed E-state index contributed by atoms with van der Waals surface area (Å²) in [7, 11) is 3.89. The topological polar surface area (TPSA) is 70.5 Å². The van der Waals surface area contributed by atoms with Crippen LogP contribution in [0.1, 0.15) is 12.5 Å². The van der Waals surface area contributed by atoms with Gasteiger partial charge in [0.15, 0.2) is 17.5 Å². The van der Waals surface area contributed by atoms with E-state index in [1.54, 1.807) is 0 Å². The van der Waals surface area contributed by atoms with Gasteiger partial charge < -0.3 is 19.7 Å². The lowest BCUT2D eigenvalue weighted by Gasteiger charge is -2.26. The van der Waals surface area contributed by atoms with Crippen LogP contribution in [0.15, 0.2) is 28.2 Å². The number of hydrogen-bond donors (Lipinski definition) is 2. The number of guanidine groups is 2. The highest BCUT2D eigenvalue weighted by atomic mass is 16.7. The summed E-state index contributed by atoms with van der Waals surface area (Å²) in [5, 5.41) is 6.36. The standard InChI is InChI=1S/C14H19N5O2/c1-9-16-13(18-14(17-9)19(2)3)15-7-10-4-5-11-12(6-10)21-8-20-11/h4-6,9H,7-8H2,1-3H3,(H2,15,16,17,18). The number of benzene rings is 1. The van der Waals surface area contributed by atoms with Crippen molar-refractivity contribution in [3.63, 3.8) is 0 Å². The monoisotopic (exact) mass is 289 g/mol. The molecule has 0 aliphatic carbocycles. The summed E-state index contributed by atoms with van der Waals surface area (Å²) in [5.41, 5.74) is 1.07. The van der Waals surface area contributed by atoms with Crippen molar-refractivity contribution >= 4 is 11.9 Å². The smallest absolute Gasteiger partial charge is 0.231 e. The third-order valence-electron chi connectivity index (χ3n) is 3.17. The Morgan fingerprint density at radius 1 is 1.33 bits per heavy atom.